The van der Waals surface area contributed by atoms with E-state index in [2.05, 4.69) is 0 Å². The highest BCUT2D eigenvalue weighted by Gasteiger charge is 2.25. The molecule has 6 heteroatoms. The largest absolute Gasteiger partial charge is 0.480 e. The topological polar surface area (TPSA) is 74.7 Å². The molecule has 0 aromatic heterocycles. The van der Waals surface area contributed by atoms with Gasteiger partial charge in [0.15, 0.2) is 5.75 Å². The molecule has 0 heterocycles. The SMILES string of the molecule is CCC(CC)CN(CC)S(=O)(=O)CC(=O)O. The van der Waals surface area contributed by atoms with Crippen LogP contribution in [0.5, 0.6) is 0 Å². The summed E-state index contributed by atoms with van der Waals surface area (Å²) in [4.78, 5) is 10.5. The van der Waals surface area contributed by atoms with Crippen LogP contribution < -0.4 is 0 Å². The van der Waals surface area contributed by atoms with E-state index in [1.165, 1.54) is 4.31 Å². The van der Waals surface area contributed by atoms with Crippen LogP contribution in [0.4, 0.5) is 0 Å². The summed E-state index contributed by atoms with van der Waals surface area (Å²) in [6, 6.07) is 0. The first kappa shape index (κ1) is 15.4. The van der Waals surface area contributed by atoms with Crippen molar-refractivity contribution >= 4 is 16.0 Å². The average Bonchev–Trinajstić information content (AvgIpc) is 2.17. The fourth-order valence-corrected chi connectivity index (χ4v) is 2.85. The molecule has 0 saturated heterocycles. The minimum Gasteiger partial charge on any atom is -0.480 e. The van der Waals surface area contributed by atoms with Gasteiger partial charge in [-0.1, -0.05) is 33.6 Å². The lowest BCUT2D eigenvalue weighted by Crippen LogP contribution is -2.38. The third-order valence-corrected chi connectivity index (χ3v) is 4.47. The van der Waals surface area contributed by atoms with Gasteiger partial charge in [-0.05, 0) is 5.92 Å². The van der Waals surface area contributed by atoms with Crippen molar-refractivity contribution in [2.75, 3.05) is 18.8 Å². The van der Waals surface area contributed by atoms with Crippen molar-refractivity contribution < 1.29 is 18.3 Å². The van der Waals surface area contributed by atoms with Crippen molar-refractivity contribution in [3.05, 3.63) is 0 Å². The lowest BCUT2D eigenvalue weighted by molar-refractivity contribution is -0.134. The smallest absolute Gasteiger partial charge is 0.320 e. The van der Waals surface area contributed by atoms with Crippen LogP contribution in [0.3, 0.4) is 0 Å². The number of carbonyl (C=O) groups is 1. The Morgan fingerprint density at radius 2 is 1.75 bits per heavy atom. The highest BCUT2D eigenvalue weighted by molar-refractivity contribution is 7.89. The lowest BCUT2D eigenvalue weighted by atomic mass is 10.0. The summed E-state index contributed by atoms with van der Waals surface area (Å²) in [5, 5.41) is 8.54. The maximum absolute atomic E-state index is 11.7. The summed E-state index contributed by atoms with van der Waals surface area (Å²) < 4.78 is 24.6. The van der Waals surface area contributed by atoms with Crippen LogP contribution >= 0.6 is 0 Å². The molecule has 96 valence electrons. The van der Waals surface area contributed by atoms with Crippen LogP contribution in [-0.2, 0) is 14.8 Å². The molecule has 0 aromatic rings. The molecule has 0 atom stereocenters. The number of rotatable bonds is 8. The summed E-state index contributed by atoms with van der Waals surface area (Å²) in [6.07, 6.45) is 1.80. The molecule has 0 aliphatic heterocycles. The average molecular weight is 251 g/mol. The third kappa shape index (κ3) is 4.94. The Morgan fingerprint density at radius 3 is 2.06 bits per heavy atom. The van der Waals surface area contributed by atoms with Gasteiger partial charge < -0.3 is 5.11 Å². The van der Waals surface area contributed by atoms with Crippen LogP contribution in [0.1, 0.15) is 33.6 Å². The van der Waals surface area contributed by atoms with Crippen LogP contribution in [0.15, 0.2) is 0 Å². The summed E-state index contributed by atoms with van der Waals surface area (Å²) in [5.74, 6) is -1.83. The first-order valence-corrected chi connectivity index (χ1v) is 7.17. The van der Waals surface area contributed by atoms with Gasteiger partial charge in [0, 0.05) is 13.1 Å². The second-order valence-electron chi connectivity index (χ2n) is 3.78. The summed E-state index contributed by atoms with van der Waals surface area (Å²) in [5.41, 5.74) is 0. The fourth-order valence-electron chi connectivity index (χ4n) is 1.52. The number of hydrogen-bond acceptors (Lipinski definition) is 3. The van der Waals surface area contributed by atoms with Gasteiger partial charge in [0.05, 0.1) is 0 Å². The van der Waals surface area contributed by atoms with E-state index in [0.29, 0.717) is 19.0 Å². The zero-order chi connectivity index (χ0) is 12.8. The van der Waals surface area contributed by atoms with E-state index in [1.54, 1.807) is 6.92 Å². The van der Waals surface area contributed by atoms with E-state index >= 15 is 0 Å². The molecule has 16 heavy (non-hydrogen) atoms. The molecule has 0 aliphatic rings. The quantitative estimate of drug-likeness (QED) is 0.702. The molecule has 0 unspecified atom stereocenters. The Balaban J connectivity index is 4.65. The van der Waals surface area contributed by atoms with E-state index < -0.39 is 21.7 Å². The zero-order valence-corrected chi connectivity index (χ0v) is 11.0. The van der Waals surface area contributed by atoms with Gasteiger partial charge in [0.1, 0.15) is 0 Å². The molecule has 5 nitrogen and oxygen atoms in total. The maximum atomic E-state index is 11.7. The minimum absolute atomic E-state index is 0.295. The Kier molecular flexibility index (Phi) is 6.59. The second-order valence-corrected chi connectivity index (χ2v) is 5.75. The highest BCUT2D eigenvalue weighted by atomic mass is 32.2. The standard InChI is InChI=1S/C10H21NO4S/c1-4-9(5-2)7-11(6-3)16(14,15)8-10(12)13/h9H,4-8H2,1-3H3,(H,12,13). The Labute approximate surface area is 97.5 Å². The van der Waals surface area contributed by atoms with Crippen molar-refractivity contribution in [2.45, 2.75) is 33.6 Å². The van der Waals surface area contributed by atoms with Gasteiger partial charge in [0.2, 0.25) is 10.0 Å². The second kappa shape index (κ2) is 6.85. The predicted octanol–water partition coefficient (Wildman–Crippen LogP) is 1.16. The van der Waals surface area contributed by atoms with Crippen molar-refractivity contribution in [2.24, 2.45) is 5.92 Å². The minimum atomic E-state index is -3.65. The van der Waals surface area contributed by atoms with Crippen LogP contribution in [0, 0.1) is 5.92 Å². The number of nitrogens with zero attached hydrogens (tertiary/aromatic N) is 1. The van der Waals surface area contributed by atoms with Crippen molar-refractivity contribution in [3.63, 3.8) is 0 Å². The summed E-state index contributed by atoms with van der Waals surface area (Å²) in [7, 11) is -3.65. The van der Waals surface area contributed by atoms with Gasteiger partial charge in [-0.15, -0.1) is 0 Å². The van der Waals surface area contributed by atoms with Crippen molar-refractivity contribution in [1.82, 2.24) is 4.31 Å². The zero-order valence-electron chi connectivity index (χ0n) is 10.1. The molecule has 0 amide bonds. The van der Waals surface area contributed by atoms with Gasteiger partial charge in [0.25, 0.3) is 0 Å². The van der Waals surface area contributed by atoms with Gasteiger partial charge >= 0.3 is 5.97 Å². The first-order chi connectivity index (χ1) is 7.37. The molecule has 0 radical (unpaired) electrons. The maximum Gasteiger partial charge on any atom is 0.320 e. The molecule has 0 aliphatic carbocycles. The van der Waals surface area contributed by atoms with E-state index in [1.807, 2.05) is 13.8 Å². The van der Waals surface area contributed by atoms with Gasteiger partial charge in [-0.3, -0.25) is 4.79 Å². The van der Waals surface area contributed by atoms with E-state index in [4.69, 9.17) is 5.11 Å². The molecular formula is C10H21NO4S. The normalized spacial score (nSPS) is 12.3. The van der Waals surface area contributed by atoms with E-state index in [9.17, 15) is 13.2 Å². The van der Waals surface area contributed by atoms with E-state index in [-0.39, 0.29) is 0 Å². The van der Waals surface area contributed by atoms with Gasteiger partial charge in [-0.25, -0.2) is 12.7 Å². The molecule has 0 bridgehead atoms. The summed E-state index contributed by atoms with van der Waals surface area (Å²) >= 11 is 0. The number of carboxylic acid groups (broad SMARTS) is 1. The third-order valence-electron chi connectivity index (χ3n) is 2.67. The predicted molar refractivity (Wildman–Crippen MR) is 62.7 cm³/mol. The Morgan fingerprint density at radius 1 is 1.25 bits per heavy atom. The number of carboxylic acids is 1. The molecule has 0 saturated carbocycles. The number of sulfonamides is 1. The molecule has 0 aromatic carbocycles. The van der Waals surface area contributed by atoms with Crippen molar-refractivity contribution in [3.8, 4) is 0 Å². The monoisotopic (exact) mass is 251 g/mol. The molecule has 0 spiro atoms. The first-order valence-electron chi connectivity index (χ1n) is 5.56. The van der Waals surface area contributed by atoms with Crippen molar-refractivity contribution in [1.29, 1.82) is 0 Å². The Hall–Kier alpha value is -0.620. The highest BCUT2D eigenvalue weighted by Crippen LogP contribution is 2.13. The fraction of sp³-hybridized carbons (Fsp3) is 0.900. The van der Waals surface area contributed by atoms with Crippen LogP contribution in [0.2, 0.25) is 0 Å². The van der Waals surface area contributed by atoms with Gasteiger partial charge in [-0.2, -0.15) is 0 Å². The Bertz CT molecular complexity index is 309. The molecule has 0 fully saturated rings. The number of hydrogen-bond donors (Lipinski definition) is 1. The van der Waals surface area contributed by atoms with E-state index in [0.717, 1.165) is 12.8 Å². The van der Waals surface area contributed by atoms with Crippen LogP contribution in [0.25, 0.3) is 0 Å². The molecule has 0 rings (SSSR count). The van der Waals surface area contributed by atoms with Crippen LogP contribution in [-0.4, -0.2) is 42.6 Å². The molecular weight excluding hydrogens is 230 g/mol. The lowest BCUT2D eigenvalue weighted by Gasteiger charge is -2.23. The summed E-state index contributed by atoms with van der Waals surface area (Å²) in [6.45, 7) is 6.48. The molecule has 1 N–H and O–H groups in total. The number of aliphatic carboxylic acids is 1.